The van der Waals surface area contributed by atoms with Gasteiger partial charge in [-0.15, -0.1) is 22.7 Å². The topological polar surface area (TPSA) is 0 Å². The van der Waals surface area contributed by atoms with Crippen LogP contribution in [0.25, 0.3) is 0 Å². The summed E-state index contributed by atoms with van der Waals surface area (Å²) < 4.78 is 0. The Morgan fingerprint density at radius 2 is 1.17 bits per heavy atom. The van der Waals surface area contributed by atoms with Gasteiger partial charge in [-0.3, -0.25) is 0 Å². The second-order valence-electron chi connectivity index (χ2n) is 5.32. The summed E-state index contributed by atoms with van der Waals surface area (Å²) in [6, 6.07) is 4.68. The Hall–Kier alpha value is -0.600. The number of hydrogen-bond acceptors (Lipinski definition) is 2. The Labute approximate surface area is 118 Å². The second-order valence-corrected chi connectivity index (χ2v) is 8.00. The predicted octanol–water partition coefficient (Wildman–Crippen LogP) is 5.09. The third-order valence-corrected chi connectivity index (χ3v) is 6.04. The summed E-state index contributed by atoms with van der Waals surface area (Å²) in [5.41, 5.74) is 3.25. The molecular formula is C16H20S2. The van der Waals surface area contributed by atoms with E-state index in [4.69, 9.17) is 0 Å². The molecule has 0 aliphatic heterocycles. The van der Waals surface area contributed by atoms with Crippen LogP contribution < -0.4 is 0 Å². The minimum Gasteiger partial charge on any atom is -0.145 e. The van der Waals surface area contributed by atoms with Gasteiger partial charge in [0, 0.05) is 19.5 Å². The molecule has 0 saturated carbocycles. The monoisotopic (exact) mass is 276 g/mol. The molecular weight excluding hydrogens is 256 g/mol. The molecule has 96 valence electrons. The summed E-state index contributed by atoms with van der Waals surface area (Å²) in [5.74, 6) is 0. The van der Waals surface area contributed by atoms with Crippen molar-refractivity contribution in [1.29, 1.82) is 0 Å². The molecule has 4 rings (SSSR count). The predicted molar refractivity (Wildman–Crippen MR) is 82.2 cm³/mol. The molecule has 0 N–H and O–H groups in total. The Morgan fingerprint density at radius 1 is 0.722 bits per heavy atom. The van der Waals surface area contributed by atoms with Crippen molar-refractivity contribution in [2.75, 3.05) is 0 Å². The van der Waals surface area contributed by atoms with E-state index in [2.05, 4.69) is 26.0 Å². The number of rotatable bonds is 0. The van der Waals surface area contributed by atoms with E-state index in [1.165, 1.54) is 48.3 Å². The molecule has 0 aromatic carbocycles. The van der Waals surface area contributed by atoms with Crippen LogP contribution in [0.2, 0.25) is 0 Å². The van der Waals surface area contributed by atoms with Gasteiger partial charge in [0.2, 0.25) is 0 Å². The summed E-state index contributed by atoms with van der Waals surface area (Å²) in [7, 11) is 0. The van der Waals surface area contributed by atoms with E-state index in [1.807, 2.05) is 22.7 Å². The van der Waals surface area contributed by atoms with Crippen LogP contribution >= 0.6 is 22.7 Å². The van der Waals surface area contributed by atoms with E-state index < -0.39 is 0 Å². The van der Waals surface area contributed by atoms with E-state index in [0.29, 0.717) is 0 Å². The zero-order valence-electron chi connectivity index (χ0n) is 11.2. The van der Waals surface area contributed by atoms with Gasteiger partial charge in [-0.25, -0.2) is 0 Å². The summed E-state index contributed by atoms with van der Waals surface area (Å²) in [5, 5.41) is 0. The fourth-order valence-corrected chi connectivity index (χ4v) is 5.21. The van der Waals surface area contributed by atoms with Gasteiger partial charge < -0.3 is 0 Å². The largest absolute Gasteiger partial charge is 0.145 e. The first kappa shape index (κ1) is 12.4. The second kappa shape index (κ2) is 5.18. The fraction of sp³-hybridized carbons (Fsp3) is 0.500. The average molecular weight is 276 g/mol. The van der Waals surface area contributed by atoms with Gasteiger partial charge in [-0.2, -0.15) is 0 Å². The molecule has 18 heavy (non-hydrogen) atoms. The SMILES string of the molecule is Cc1cc2c(s1)CCC2.Cc1cc2c(s1)CCC2. The molecule has 2 heteroatoms. The lowest BCUT2D eigenvalue weighted by atomic mass is 10.2. The lowest BCUT2D eigenvalue weighted by Crippen LogP contribution is -1.68. The van der Waals surface area contributed by atoms with Crippen molar-refractivity contribution < 1.29 is 0 Å². The summed E-state index contributed by atoms with van der Waals surface area (Å²) in [4.78, 5) is 6.26. The van der Waals surface area contributed by atoms with Crippen molar-refractivity contribution in [2.45, 2.75) is 52.4 Å². The molecule has 0 nitrogen and oxygen atoms in total. The van der Waals surface area contributed by atoms with Crippen molar-refractivity contribution in [2.24, 2.45) is 0 Å². The third kappa shape index (κ3) is 2.55. The first-order chi connectivity index (χ1) is 8.72. The van der Waals surface area contributed by atoms with Crippen LogP contribution in [-0.4, -0.2) is 0 Å². The number of thiophene rings is 2. The first-order valence-corrected chi connectivity index (χ1v) is 8.52. The fourth-order valence-electron chi connectivity index (χ4n) is 2.96. The molecule has 0 fully saturated rings. The van der Waals surface area contributed by atoms with Crippen molar-refractivity contribution >= 4 is 22.7 Å². The van der Waals surface area contributed by atoms with Gasteiger partial charge in [0.1, 0.15) is 0 Å². The summed E-state index contributed by atoms with van der Waals surface area (Å²) in [6.07, 6.45) is 8.13. The molecule has 0 unspecified atom stereocenters. The molecule has 0 bridgehead atoms. The quantitative estimate of drug-likeness (QED) is 0.628. The Balaban J connectivity index is 0.000000111. The van der Waals surface area contributed by atoms with Gasteiger partial charge in [-0.1, -0.05) is 0 Å². The summed E-state index contributed by atoms with van der Waals surface area (Å²) >= 11 is 3.95. The van der Waals surface area contributed by atoms with Crippen LogP contribution in [0.3, 0.4) is 0 Å². The van der Waals surface area contributed by atoms with E-state index in [1.54, 1.807) is 20.9 Å². The van der Waals surface area contributed by atoms with E-state index in [-0.39, 0.29) is 0 Å². The normalized spacial score (nSPS) is 16.1. The molecule has 0 radical (unpaired) electrons. The molecule has 0 saturated heterocycles. The first-order valence-electron chi connectivity index (χ1n) is 6.89. The zero-order valence-corrected chi connectivity index (χ0v) is 12.8. The Morgan fingerprint density at radius 3 is 1.56 bits per heavy atom. The van der Waals surface area contributed by atoms with E-state index in [9.17, 15) is 0 Å². The Bertz CT molecular complexity index is 452. The van der Waals surface area contributed by atoms with Gasteiger partial charge >= 0.3 is 0 Å². The molecule has 2 aromatic heterocycles. The standard InChI is InChI=1S/2C8H10S/c2*1-6-5-7-3-2-4-8(7)9-6/h2*5H,2-4H2,1H3. The molecule has 2 aliphatic rings. The van der Waals surface area contributed by atoms with Crippen LogP contribution in [-0.2, 0) is 25.7 Å². The van der Waals surface area contributed by atoms with Crippen LogP contribution in [0, 0.1) is 13.8 Å². The zero-order chi connectivity index (χ0) is 12.5. The third-order valence-electron chi connectivity index (χ3n) is 3.74. The highest BCUT2D eigenvalue weighted by molar-refractivity contribution is 7.12. The minimum atomic E-state index is 1.33. The molecule has 2 aromatic rings. The number of aryl methyl sites for hydroxylation is 6. The summed E-state index contributed by atoms with van der Waals surface area (Å²) in [6.45, 7) is 4.39. The van der Waals surface area contributed by atoms with Crippen molar-refractivity contribution in [1.82, 2.24) is 0 Å². The number of fused-ring (bicyclic) bond motifs is 2. The van der Waals surface area contributed by atoms with Crippen molar-refractivity contribution in [3.05, 3.63) is 42.8 Å². The maximum atomic E-state index is 2.34. The van der Waals surface area contributed by atoms with Crippen molar-refractivity contribution in [3.63, 3.8) is 0 Å². The maximum absolute atomic E-state index is 2.34. The lowest BCUT2D eigenvalue weighted by molar-refractivity contribution is 0.914. The average Bonchev–Trinajstić information content (AvgIpc) is 2.97. The highest BCUT2D eigenvalue weighted by Crippen LogP contribution is 2.30. The molecule has 0 amide bonds. The smallest absolute Gasteiger partial charge is 0.00801 e. The van der Waals surface area contributed by atoms with Gasteiger partial charge in [0.25, 0.3) is 0 Å². The van der Waals surface area contributed by atoms with Gasteiger partial charge in [-0.05, 0) is 75.6 Å². The minimum absolute atomic E-state index is 1.33. The van der Waals surface area contributed by atoms with Crippen LogP contribution in [0.15, 0.2) is 12.1 Å². The van der Waals surface area contributed by atoms with E-state index >= 15 is 0 Å². The Kier molecular flexibility index (Phi) is 3.58. The molecule has 0 spiro atoms. The highest BCUT2D eigenvalue weighted by atomic mass is 32.1. The van der Waals surface area contributed by atoms with E-state index in [0.717, 1.165) is 0 Å². The van der Waals surface area contributed by atoms with Crippen LogP contribution in [0.4, 0.5) is 0 Å². The van der Waals surface area contributed by atoms with Crippen LogP contribution in [0.1, 0.15) is 43.5 Å². The lowest BCUT2D eigenvalue weighted by Gasteiger charge is -1.80. The van der Waals surface area contributed by atoms with Gasteiger partial charge in [0.15, 0.2) is 0 Å². The van der Waals surface area contributed by atoms with Gasteiger partial charge in [0.05, 0.1) is 0 Å². The van der Waals surface area contributed by atoms with Crippen LogP contribution in [0.5, 0.6) is 0 Å². The van der Waals surface area contributed by atoms with Crippen molar-refractivity contribution in [3.8, 4) is 0 Å². The maximum Gasteiger partial charge on any atom is 0.00801 e. The molecule has 0 atom stereocenters. The number of hydrogen-bond donors (Lipinski definition) is 0. The molecule has 2 heterocycles. The molecule has 2 aliphatic carbocycles. The highest BCUT2D eigenvalue weighted by Gasteiger charge is 2.12.